The summed E-state index contributed by atoms with van der Waals surface area (Å²) in [5.41, 5.74) is 0.718. The molecule has 1 heterocycles. The van der Waals surface area contributed by atoms with E-state index in [4.69, 9.17) is 9.47 Å². The second kappa shape index (κ2) is 4.56. The first-order valence-electron chi connectivity index (χ1n) is 6.26. The van der Waals surface area contributed by atoms with Gasteiger partial charge in [-0.15, -0.1) is 0 Å². The maximum Gasteiger partial charge on any atom is 0.235 e. The maximum atomic E-state index is 10.5. The SMILES string of the molecule is O=C=NC1(c2cccc(OC3CCOC3)c2)CC1. The van der Waals surface area contributed by atoms with Crippen molar-refractivity contribution in [3.05, 3.63) is 29.8 Å². The Hall–Kier alpha value is -1.64. The van der Waals surface area contributed by atoms with E-state index in [1.807, 2.05) is 24.3 Å². The largest absolute Gasteiger partial charge is 0.488 e. The monoisotopic (exact) mass is 245 g/mol. The molecule has 2 fully saturated rings. The summed E-state index contributed by atoms with van der Waals surface area (Å²) in [6.45, 7) is 1.42. The molecule has 1 saturated heterocycles. The predicted molar refractivity (Wildman–Crippen MR) is 65.3 cm³/mol. The van der Waals surface area contributed by atoms with Gasteiger partial charge in [0.15, 0.2) is 0 Å². The van der Waals surface area contributed by atoms with E-state index in [-0.39, 0.29) is 11.6 Å². The molecule has 1 saturated carbocycles. The third kappa shape index (κ3) is 2.17. The first-order chi connectivity index (χ1) is 8.82. The maximum absolute atomic E-state index is 10.5. The quantitative estimate of drug-likeness (QED) is 0.603. The number of carbonyl (C=O) groups excluding carboxylic acids is 1. The van der Waals surface area contributed by atoms with Gasteiger partial charge in [0.05, 0.1) is 18.8 Å². The van der Waals surface area contributed by atoms with Crippen molar-refractivity contribution in [3.63, 3.8) is 0 Å². The minimum atomic E-state index is -0.326. The Labute approximate surface area is 106 Å². The lowest BCUT2D eigenvalue weighted by molar-refractivity contribution is 0.141. The molecule has 1 unspecified atom stereocenters. The lowest BCUT2D eigenvalue weighted by atomic mass is 10.1. The number of rotatable bonds is 4. The van der Waals surface area contributed by atoms with Gasteiger partial charge in [-0.1, -0.05) is 12.1 Å². The highest BCUT2D eigenvalue weighted by Crippen LogP contribution is 2.49. The van der Waals surface area contributed by atoms with Crippen LogP contribution >= 0.6 is 0 Å². The van der Waals surface area contributed by atoms with Crippen molar-refractivity contribution in [1.29, 1.82) is 0 Å². The van der Waals surface area contributed by atoms with Crippen molar-refractivity contribution in [2.24, 2.45) is 4.99 Å². The van der Waals surface area contributed by atoms with Crippen LogP contribution in [0.4, 0.5) is 0 Å². The molecule has 0 spiro atoms. The van der Waals surface area contributed by atoms with Crippen LogP contribution in [0.3, 0.4) is 0 Å². The summed E-state index contributed by atoms with van der Waals surface area (Å²) in [6, 6.07) is 7.85. The predicted octanol–water partition coefficient (Wildman–Crippen LogP) is 2.18. The molecule has 3 rings (SSSR count). The van der Waals surface area contributed by atoms with Gasteiger partial charge < -0.3 is 9.47 Å². The Morgan fingerprint density at radius 3 is 3.00 bits per heavy atom. The fraction of sp³-hybridized carbons (Fsp3) is 0.500. The summed E-state index contributed by atoms with van der Waals surface area (Å²) < 4.78 is 11.1. The third-order valence-electron chi connectivity index (χ3n) is 3.55. The van der Waals surface area contributed by atoms with E-state index >= 15 is 0 Å². The molecule has 4 heteroatoms. The zero-order valence-electron chi connectivity index (χ0n) is 10.1. The summed E-state index contributed by atoms with van der Waals surface area (Å²) >= 11 is 0. The molecule has 0 amide bonds. The van der Waals surface area contributed by atoms with Crippen molar-refractivity contribution in [3.8, 4) is 5.75 Å². The van der Waals surface area contributed by atoms with Crippen LogP contribution in [0.2, 0.25) is 0 Å². The topological polar surface area (TPSA) is 47.9 Å². The van der Waals surface area contributed by atoms with Gasteiger partial charge in [-0.05, 0) is 30.5 Å². The van der Waals surface area contributed by atoms with Crippen LogP contribution in [0, 0.1) is 0 Å². The fourth-order valence-electron chi connectivity index (χ4n) is 2.33. The number of hydrogen-bond acceptors (Lipinski definition) is 4. The van der Waals surface area contributed by atoms with Crippen LogP contribution in [0.5, 0.6) is 5.75 Å². The van der Waals surface area contributed by atoms with E-state index in [0.29, 0.717) is 6.61 Å². The van der Waals surface area contributed by atoms with Crippen LogP contribution in [0.1, 0.15) is 24.8 Å². The van der Waals surface area contributed by atoms with E-state index in [9.17, 15) is 4.79 Å². The van der Waals surface area contributed by atoms with E-state index in [1.54, 1.807) is 6.08 Å². The first kappa shape index (κ1) is 11.5. The minimum Gasteiger partial charge on any atom is -0.488 e. The van der Waals surface area contributed by atoms with Crippen LogP contribution in [0.15, 0.2) is 29.3 Å². The van der Waals surface area contributed by atoms with Gasteiger partial charge in [0.25, 0.3) is 0 Å². The van der Waals surface area contributed by atoms with Crippen LogP contribution < -0.4 is 4.74 Å². The van der Waals surface area contributed by atoms with Gasteiger partial charge in [0.1, 0.15) is 11.9 Å². The average Bonchev–Trinajstić information content (AvgIpc) is 2.99. The molecule has 0 N–H and O–H groups in total. The van der Waals surface area contributed by atoms with Gasteiger partial charge in [-0.25, -0.2) is 4.79 Å². The van der Waals surface area contributed by atoms with Crippen molar-refractivity contribution in [2.75, 3.05) is 13.2 Å². The van der Waals surface area contributed by atoms with Gasteiger partial charge in [-0.2, -0.15) is 4.99 Å². The molecule has 1 aromatic rings. The van der Waals surface area contributed by atoms with Crippen LogP contribution in [-0.2, 0) is 15.1 Å². The Bertz CT molecular complexity index is 484. The molecule has 18 heavy (non-hydrogen) atoms. The summed E-state index contributed by atoms with van der Waals surface area (Å²) in [5.74, 6) is 0.829. The Balaban J connectivity index is 1.78. The summed E-state index contributed by atoms with van der Waals surface area (Å²) in [4.78, 5) is 14.4. The summed E-state index contributed by atoms with van der Waals surface area (Å²) in [7, 11) is 0. The second-order valence-electron chi connectivity index (χ2n) is 4.87. The number of ether oxygens (including phenoxy) is 2. The average molecular weight is 245 g/mol. The summed E-state index contributed by atoms with van der Waals surface area (Å²) in [6.07, 6.45) is 4.58. The zero-order valence-corrected chi connectivity index (χ0v) is 10.1. The molecule has 94 valence electrons. The molecular formula is C14H15NO3. The number of hydrogen-bond donors (Lipinski definition) is 0. The molecule has 0 radical (unpaired) electrons. The molecule has 1 aromatic carbocycles. The lowest BCUT2D eigenvalue weighted by Gasteiger charge is -2.14. The number of aliphatic imine (C=N–C) groups is 1. The lowest BCUT2D eigenvalue weighted by Crippen LogP contribution is -2.16. The molecular weight excluding hydrogens is 230 g/mol. The normalized spacial score (nSPS) is 24.3. The van der Waals surface area contributed by atoms with Crippen molar-refractivity contribution in [2.45, 2.75) is 30.9 Å². The molecule has 0 bridgehead atoms. The fourth-order valence-corrected chi connectivity index (χ4v) is 2.33. The first-order valence-corrected chi connectivity index (χ1v) is 6.26. The zero-order chi connectivity index (χ0) is 12.4. The Morgan fingerprint density at radius 1 is 1.44 bits per heavy atom. The highest BCUT2D eigenvalue weighted by atomic mass is 16.5. The Kier molecular flexibility index (Phi) is 2.90. The van der Waals surface area contributed by atoms with Crippen LogP contribution in [0.25, 0.3) is 0 Å². The van der Waals surface area contributed by atoms with Crippen molar-refractivity contribution in [1.82, 2.24) is 0 Å². The second-order valence-corrected chi connectivity index (χ2v) is 4.87. The molecule has 2 aliphatic rings. The van der Waals surface area contributed by atoms with Crippen molar-refractivity contribution >= 4 is 6.08 Å². The van der Waals surface area contributed by atoms with Gasteiger partial charge in [-0.3, -0.25) is 0 Å². The number of benzene rings is 1. The minimum absolute atomic E-state index is 0.143. The highest BCUT2D eigenvalue weighted by molar-refractivity contribution is 5.43. The van der Waals surface area contributed by atoms with Gasteiger partial charge in [0, 0.05) is 6.42 Å². The molecule has 1 aliphatic heterocycles. The van der Waals surface area contributed by atoms with Crippen molar-refractivity contribution < 1.29 is 14.3 Å². The highest BCUT2D eigenvalue weighted by Gasteiger charge is 2.45. The third-order valence-corrected chi connectivity index (χ3v) is 3.55. The van der Waals surface area contributed by atoms with E-state index in [2.05, 4.69) is 4.99 Å². The molecule has 1 atom stereocenters. The molecule has 4 nitrogen and oxygen atoms in total. The standard InChI is InChI=1S/C14H15NO3/c16-10-15-14(5-6-14)11-2-1-3-12(8-11)18-13-4-7-17-9-13/h1-3,8,13H,4-7,9H2. The van der Waals surface area contributed by atoms with Gasteiger partial charge >= 0.3 is 0 Å². The number of nitrogens with zero attached hydrogens (tertiary/aromatic N) is 1. The van der Waals surface area contributed by atoms with Crippen LogP contribution in [-0.4, -0.2) is 25.4 Å². The summed E-state index contributed by atoms with van der Waals surface area (Å²) in [5, 5.41) is 0. The number of isocyanates is 1. The van der Waals surface area contributed by atoms with E-state index in [0.717, 1.165) is 37.2 Å². The Morgan fingerprint density at radius 2 is 2.33 bits per heavy atom. The molecule has 1 aliphatic carbocycles. The molecule has 0 aromatic heterocycles. The smallest absolute Gasteiger partial charge is 0.235 e. The van der Waals surface area contributed by atoms with E-state index < -0.39 is 0 Å². The van der Waals surface area contributed by atoms with Gasteiger partial charge in [0.2, 0.25) is 6.08 Å². The van der Waals surface area contributed by atoms with E-state index in [1.165, 1.54) is 0 Å².